The maximum absolute atomic E-state index is 4.74. The monoisotopic (exact) mass is 315 g/mol. The van der Waals surface area contributed by atoms with Crippen molar-refractivity contribution >= 4 is 17.1 Å². The third-order valence-electron chi connectivity index (χ3n) is 4.07. The molecule has 0 saturated heterocycles. The predicted molar refractivity (Wildman–Crippen MR) is 96.4 cm³/mol. The van der Waals surface area contributed by atoms with Crippen LogP contribution >= 0.6 is 0 Å². The van der Waals surface area contributed by atoms with E-state index in [2.05, 4.69) is 58.7 Å². The molecule has 3 aromatic carbocycles. The van der Waals surface area contributed by atoms with Gasteiger partial charge in [0, 0.05) is 23.5 Å². The van der Waals surface area contributed by atoms with E-state index in [0.717, 1.165) is 17.1 Å². The first kappa shape index (κ1) is 14.5. The van der Waals surface area contributed by atoms with Crippen molar-refractivity contribution in [1.29, 1.82) is 0 Å². The van der Waals surface area contributed by atoms with Gasteiger partial charge in [0.05, 0.1) is 0 Å². The van der Waals surface area contributed by atoms with Gasteiger partial charge in [-0.2, -0.15) is 0 Å². The largest absolute Gasteiger partial charge is 0.340 e. The molecule has 0 spiro atoms. The minimum atomic E-state index is -0.0720. The molecular weight excluding hydrogens is 296 g/mol. The number of hydrogen-bond acceptors (Lipinski definition) is 3. The average Bonchev–Trinajstić information content (AvgIpc) is 3.07. The van der Waals surface area contributed by atoms with E-state index in [-0.39, 0.29) is 6.29 Å². The number of benzene rings is 3. The highest BCUT2D eigenvalue weighted by Crippen LogP contribution is 2.27. The van der Waals surface area contributed by atoms with Crippen LogP contribution in [0.3, 0.4) is 0 Å². The number of hydrogen-bond donors (Lipinski definition) is 1. The molecule has 0 fully saturated rings. The lowest BCUT2D eigenvalue weighted by Gasteiger charge is -2.22. The highest BCUT2D eigenvalue weighted by molar-refractivity contribution is 5.51. The van der Waals surface area contributed by atoms with Crippen LogP contribution in [0.25, 0.3) is 0 Å². The fourth-order valence-electron chi connectivity index (χ4n) is 2.89. The Hall–Kier alpha value is -3.14. The van der Waals surface area contributed by atoms with Crippen molar-refractivity contribution in [1.82, 2.24) is 0 Å². The Labute approximate surface area is 141 Å². The van der Waals surface area contributed by atoms with Gasteiger partial charge >= 0.3 is 6.29 Å². The van der Waals surface area contributed by atoms with Crippen LogP contribution in [0.4, 0.5) is 17.1 Å². The molecule has 3 aromatic rings. The molecule has 4 nitrogen and oxygen atoms in total. The molecule has 24 heavy (non-hydrogen) atoms. The number of nitrogens with zero attached hydrogens (tertiary/aromatic N) is 3. The van der Waals surface area contributed by atoms with Crippen LogP contribution < -0.4 is 10.2 Å². The number of nitrogens with one attached hydrogen (secondary N) is 1. The van der Waals surface area contributed by atoms with E-state index in [1.54, 1.807) is 0 Å². The molecule has 0 saturated carbocycles. The van der Waals surface area contributed by atoms with Gasteiger partial charge in [-0.05, 0) is 34.1 Å². The second kappa shape index (κ2) is 6.54. The SMILES string of the molecule is c1ccc(NC2N(c3ccccc3)CN=[N+]2c2ccccc2)cc1. The van der Waals surface area contributed by atoms with Crippen molar-refractivity contribution in [2.24, 2.45) is 5.11 Å². The van der Waals surface area contributed by atoms with Crippen LogP contribution in [0.15, 0.2) is 96.1 Å². The molecule has 0 aromatic heterocycles. The Morgan fingerprint density at radius 1 is 0.792 bits per heavy atom. The van der Waals surface area contributed by atoms with Crippen LogP contribution in [-0.2, 0) is 0 Å². The molecule has 4 rings (SSSR count). The van der Waals surface area contributed by atoms with E-state index in [1.807, 2.05) is 47.2 Å². The third-order valence-corrected chi connectivity index (χ3v) is 4.07. The lowest BCUT2D eigenvalue weighted by atomic mass is 10.2. The summed E-state index contributed by atoms with van der Waals surface area (Å²) in [5.74, 6) is 0. The summed E-state index contributed by atoms with van der Waals surface area (Å²) in [5.41, 5.74) is 3.29. The summed E-state index contributed by atoms with van der Waals surface area (Å²) >= 11 is 0. The van der Waals surface area contributed by atoms with E-state index in [9.17, 15) is 0 Å². The minimum absolute atomic E-state index is 0.0720. The van der Waals surface area contributed by atoms with Crippen molar-refractivity contribution in [2.75, 3.05) is 16.9 Å². The van der Waals surface area contributed by atoms with Crippen molar-refractivity contribution < 1.29 is 4.70 Å². The molecule has 0 aliphatic carbocycles. The molecule has 1 N–H and O–H groups in total. The summed E-state index contributed by atoms with van der Waals surface area (Å²) in [6.07, 6.45) is -0.0720. The maximum Gasteiger partial charge on any atom is 0.340 e. The van der Waals surface area contributed by atoms with Crippen LogP contribution in [0, 0.1) is 0 Å². The molecule has 118 valence electrons. The summed E-state index contributed by atoms with van der Waals surface area (Å²) in [7, 11) is 0. The molecule has 1 atom stereocenters. The second-order valence-corrected chi connectivity index (χ2v) is 5.65. The zero-order valence-corrected chi connectivity index (χ0v) is 13.3. The molecule has 1 aliphatic heterocycles. The lowest BCUT2D eigenvalue weighted by Crippen LogP contribution is -2.42. The van der Waals surface area contributed by atoms with Crippen molar-refractivity contribution in [3.8, 4) is 0 Å². The van der Waals surface area contributed by atoms with Crippen LogP contribution in [0.5, 0.6) is 0 Å². The summed E-state index contributed by atoms with van der Waals surface area (Å²) in [6, 6.07) is 30.9. The first-order valence-electron chi connectivity index (χ1n) is 8.07. The van der Waals surface area contributed by atoms with E-state index in [1.165, 1.54) is 0 Å². The van der Waals surface area contributed by atoms with Gasteiger partial charge in [0.1, 0.15) is 0 Å². The molecule has 4 heteroatoms. The smallest absolute Gasteiger partial charge is 0.307 e. The Morgan fingerprint density at radius 2 is 1.38 bits per heavy atom. The van der Waals surface area contributed by atoms with E-state index < -0.39 is 0 Å². The quantitative estimate of drug-likeness (QED) is 0.710. The highest BCUT2D eigenvalue weighted by Gasteiger charge is 2.37. The number of para-hydroxylation sites is 3. The van der Waals surface area contributed by atoms with Gasteiger partial charge in [-0.25, -0.2) is 0 Å². The summed E-state index contributed by atoms with van der Waals surface area (Å²) < 4.78 is 2.04. The highest BCUT2D eigenvalue weighted by atomic mass is 15.6. The predicted octanol–water partition coefficient (Wildman–Crippen LogP) is 4.66. The Kier molecular flexibility index (Phi) is 3.94. The van der Waals surface area contributed by atoms with Crippen molar-refractivity contribution in [3.63, 3.8) is 0 Å². The number of rotatable bonds is 4. The molecule has 1 heterocycles. The van der Waals surface area contributed by atoms with Crippen LogP contribution in [0.1, 0.15) is 0 Å². The van der Waals surface area contributed by atoms with E-state index in [0.29, 0.717) is 6.67 Å². The zero-order valence-electron chi connectivity index (χ0n) is 13.3. The Morgan fingerprint density at radius 3 is 2.04 bits per heavy atom. The van der Waals surface area contributed by atoms with Gasteiger partial charge in [-0.3, -0.25) is 4.90 Å². The number of anilines is 2. The Bertz CT molecular complexity index is 816. The Balaban J connectivity index is 1.69. The van der Waals surface area contributed by atoms with Crippen LogP contribution in [0.2, 0.25) is 0 Å². The van der Waals surface area contributed by atoms with Gasteiger partial charge in [-0.15, -0.1) is 0 Å². The normalized spacial score (nSPS) is 16.8. The van der Waals surface area contributed by atoms with Crippen molar-refractivity contribution in [2.45, 2.75) is 6.29 Å². The third kappa shape index (κ3) is 2.86. The minimum Gasteiger partial charge on any atom is -0.307 e. The molecule has 1 unspecified atom stereocenters. The summed E-state index contributed by atoms with van der Waals surface area (Å²) in [6.45, 7) is 0.614. The lowest BCUT2D eigenvalue weighted by molar-refractivity contribution is -0.529. The van der Waals surface area contributed by atoms with E-state index in [4.69, 9.17) is 5.11 Å². The first-order chi connectivity index (χ1) is 11.9. The van der Waals surface area contributed by atoms with E-state index >= 15 is 0 Å². The topological polar surface area (TPSA) is 30.6 Å². The van der Waals surface area contributed by atoms with Gasteiger partial charge in [0.25, 0.3) is 0 Å². The number of azo groups is 2. The first-order valence-corrected chi connectivity index (χ1v) is 8.07. The van der Waals surface area contributed by atoms with Gasteiger partial charge in [0.2, 0.25) is 5.69 Å². The zero-order chi connectivity index (χ0) is 16.2. The molecular formula is C20H19N4+. The fraction of sp³-hybridized carbons (Fsp3) is 0.100. The summed E-state index contributed by atoms with van der Waals surface area (Å²) in [4.78, 5) is 2.25. The van der Waals surface area contributed by atoms with Crippen molar-refractivity contribution in [3.05, 3.63) is 91.0 Å². The van der Waals surface area contributed by atoms with Gasteiger partial charge in [0.15, 0.2) is 6.67 Å². The molecule has 0 amide bonds. The molecule has 1 aliphatic rings. The van der Waals surface area contributed by atoms with Crippen LogP contribution in [-0.4, -0.2) is 17.7 Å². The summed E-state index contributed by atoms with van der Waals surface area (Å²) in [5, 5.41) is 8.33. The standard InChI is InChI=1S/C20H19N4/c1-4-10-17(11-5-1)22-20-23(18-12-6-2-7-13-18)16-21-24(20)19-14-8-3-9-15-19/h1-15,20,22H,16H2/q+1. The fourth-order valence-corrected chi connectivity index (χ4v) is 2.89. The average molecular weight is 315 g/mol. The maximum atomic E-state index is 4.74. The second-order valence-electron chi connectivity index (χ2n) is 5.65. The van der Waals surface area contributed by atoms with Gasteiger partial charge in [-0.1, -0.05) is 54.6 Å². The molecule has 0 radical (unpaired) electrons. The van der Waals surface area contributed by atoms with Gasteiger partial charge < -0.3 is 5.32 Å². The molecule has 0 bridgehead atoms.